The topological polar surface area (TPSA) is 58.3 Å². The molecule has 7 heteroatoms. The Bertz CT molecular complexity index is 676. The summed E-state index contributed by atoms with van der Waals surface area (Å²) in [6.45, 7) is 6.14. The third kappa shape index (κ3) is 4.23. The Morgan fingerprint density at radius 2 is 1.96 bits per heavy atom. The third-order valence-electron chi connectivity index (χ3n) is 3.57. The summed E-state index contributed by atoms with van der Waals surface area (Å²) in [6.07, 6.45) is -3.03. The van der Waals surface area contributed by atoms with E-state index >= 15 is 0 Å². The standard InChI is InChI=1S/C14H15F3N2O2.C2H6/c1-8-19-11-5-9(6-18-7-13(20)2-3-13)4-10(12(11)21-8)14(15,16)17;1-2/h4-5,18,20H,2-3,6-7H2,1H3;1-2H3. The molecule has 2 aromatic rings. The van der Waals surface area contributed by atoms with Gasteiger partial charge < -0.3 is 14.8 Å². The second-order valence-corrected chi connectivity index (χ2v) is 5.55. The molecule has 0 amide bonds. The maximum Gasteiger partial charge on any atom is 0.420 e. The Morgan fingerprint density at radius 1 is 1.30 bits per heavy atom. The van der Waals surface area contributed by atoms with Crippen LogP contribution >= 0.6 is 0 Å². The minimum Gasteiger partial charge on any atom is -0.440 e. The summed E-state index contributed by atoms with van der Waals surface area (Å²) in [6, 6.07) is 2.64. The highest BCUT2D eigenvalue weighted by Gasteiger charge is 2.39. The monoisotopic (exact) mass is 330 g/mol. The maximum absolute atomic E-state index is 13.1. The number of aryl methyl sites for hydroxylation is 1. The molecule has 1 heterocycles. The minimum absolute atomic E-state index is 0.198. The number of benzene rings is 1. The number of alkyl halides is 3. The normalized spacial score (nSPS) is 16.1. The number of rotatable bonds is 4. The Hall–Kier alpha value is -1.60. The average molecular weight is 330 g/mol. The van der Waals surface area contributed by atoms with Crippen LogP contribution in [0.2, 0.25) is 0 Å². The van der Waals surface area contributed by atoms with Gasteiger partial charge in [-0.05, 0) is 30.5 Å². The molecule has 0 radical (unpaired) electrons. The molecular weight excluding hydrogens is 309 g/mol. The van der Waals surface area contributed by atoms with E-state index in [1.54, 1.807) is 6.07 Å². The molecule has 2 N–H and O–H groups in total. The van der Waals surface area contributed by atoms with Crippen LogP contribution < -0.4 is 5.32 Å². The number of hydrogen-bond acceptors (Lipinski definition) is 4. The highest BCUT2D eigenvalue weighted by atomic mass is 19.4. The molecule has 1 saturated carbocycles. The van der Waals surface area contributed by atoms with Crippen LogP contribution in [0, 0.1) is 6.92 Å². The molecular formula is C16H21F3N2O2. The van der Waals surface area contributed by atoms with Gasteiger partial charge in [-0.2, -0.15) is 13.2 Å². The first-order valence-corrected chi connectivity index (χ1v) is 7.67. The highest BCUT2D eigenvalue weighted by Crippen LogP contribution is 2.36. The third-order valence-corrected chi connectivity index (χ3v) is 3.57. The molecule has 0 aliphatic heterocycles. The minimum atomic E-state index is -4.49. The number of fused-ring (bicyclic) bond motifs is 1. The van der Waals surface area contributed by atoms with E-state index in [1.165, 1.54) is 6.92 Å². The summed E-state index contributed by atoms with van der Waals surface area (Å²) in [7, 11) is 0. The number of hydrogen-bond donors (Lipinski definition) is 2. The van der Waals surface area contributed by atoms with Crippen LogP contribution in [0.25, 0.3) is 11.1 Å². The molecule has 3 rings (SSSR count). The molecule has 1 aliphatic rings. The molecule has 23 heavy (non-hydrogen) atoms. The van der Waals surface area contributed by atoms with E-state index in [4.69, 9.17) is 4.42 Å². The van der Waals surface area contributed by atoms with E-state index in [-0.39, 0.29) is 23.5 Å². The van der Waals surface area contributed by atoms with E-state index in [0.29, 0.717) is 12.1 Å². The molecule has 1 aliphatic carbocycles. The summed E-state index contributed by atoms with van der Waals surface area (Å²) < 4.78 is 44.3. The zero-order chi connectivity index (χ0) is 17.3. The van der Waals surface area contributed by atoms with E-state index in [1.807, 2.05) is 13.8 Å². The summed E-state index contributed by atoms with van der Waals surface area (Å²) in [4.78, 5) is 3.97. The lowest BCUT2D eigenvalue weighted by molar-refractivity contribution is -0.136. The summed E-state index contributed by atoms with van der Waals surface area (Å²) in [5.74, 6) is 0.202. The summed E-state index contributed by atoms with van der Waals surface area (Å²) in [5.41, 5.74) is -1.06. The number of nitrogens with zero attached hydrogens (tertiary/aromatic N) is 1. The second-order valence-electron chi connectivity index (χ2n) is 5.55. The van der Waals surface area contributed by atoms with Crippen molar-refractivity contribution in [2.24, 2.45) is 0 Å². The van der Waals surface area contributed by atoms with Crippen molar-refractivity contribution >= 4 is 11.1 Å². The van der Waals surface area contributed by atoms with Gasteiger partial charge in [-0.25, -0.2) is 4.98 Å². The quantitative estimate of drug-likeness (QED) is 0.895. The number of nitrogens with one attached hydrogen (secondary N) is 1. The summed E-state index contributed by atoms with van der Waals surface area (Å²) in [5, 5.41) is 12.7. The van der Waals surface area contributed by atoms with Gasteiger partial charge in [-0.3, -0.25) is 0 Å². The zero-order valence-corrected chi connectivity index (χ0v) is 13.4. The van der Waals surface area contributed by atoms with Gasteiger partial charge in [0.15, 0.2) is 11.5 Å². The van der Waals surface area contributed by atoms with Crippen LogP contribution in [0.4, 0.5) is 13.2 Å². The Morgan fingerprint density at radius 3 is 2.52 bits per heavy atom. The van der Waals surface area contributed by atoms with Crippen molar-refractivity contribution in [2.45, 2.75) is 51.9 Å². The van der Waals surface area contributed by atoms with Crippen LogP contribution in [0.5, 0.6) is 0 Å². The first-order chi connectivity index (χ1) is 10.8. The van der Waals surface area contributed by atoms with Gasteiger partial charge in [0.1, 0.15) is 11.1 Å². The van der Waals surface area contributed by atoms with Crippen molar-refractivity contribution in [3.05, 3.63) is 29.2 Å². The molecule has 1 aromatic carbocycles. The first-order valence-electron chi connectivity index (χ1n) is 7.67. The molecule has 1 fully saturated rings. The Balaban J connectivity index is 0.000000924. The fourth-order valence-corrected chi connectivity index (χ4v) is 2.28. The zero-order valence-electron chi connectivity index (χ0n) is 13.4. The van der Waals surface area contributed by atoms with E-state index in [0.717, 1.165) is 18.9 Å². The first kappa shape index (κ1) is 17.7. The fraction of sp³-hybridized carbons (Fsp3) is 0.562. The van der Waals surface area contributed by atoms with Gasteiger partial charge in [0.25, 0.3) is 0 Å². The molecule has 0 saturated heterocycles. The Kier molecular flexibility index (Phi) is 5.01. The van der Waals surface area contributed by atoms with Crippen LogP contribution in [-0.2, 0) is 12.7 Å². The molecule has 4 nitrogen and oxygen atoms in total. The molecule has 0 bridgehead atoms. The number of aromatic nitrogens is 1. The number of aliphatic hydroxyl groups is 1. The van der Waals surface area contributed by atoms with Crippen molar-refractivity contribution in [3.63, 3.8) is 0 Å². The van der Waals surface area contributed by atoms with E-state index in [9.17, 15) is 18.3 Å². The maximum atomic E-state index is 13.1. The molecule has 128 valence electrons. The van der Waals surface area contributed by atoms with E-state index in [2.05, 4.69) is 10.3 Å². The van der Waals surface area contributed by atoms with Gasteiger partial charge in [-0.1, -0.05) is 13.8 Å². The van der Waals surface area contributed by atoms with Gasteiger partial charge in [0.2, 0.25) is 0 Å². The molecule has 0 unspecified atom stereocenters. The lowest BCUT2D eigenvalue weighted by Crippen LogP contribution is -2.27. The average Bonchev–Trinajstić information content (AvgIpc) is 3.08. The van der Waals surface area contributed by atoms with Gasteiger partial charge in [0, 0.05) is 20.0 Å². The van der Waals surface area contributed by atoms with Crippen molar-refractivity contribution in [1.29, 1.82) is 0 Å². The van der Waals surface area contributed by atoms with E-state index < -0.39 is 17.3 Å². The van der Waals surface area contributed by atoms with Gasteiger partial charge in [0.05, 0.1) is 5.60 Å². The lowest BCUT2D eigenvalue weighted by atomic mass is 10.1. The lowest BCUT2D eigenvalue weighted by Gasteiger charge is -2.12. The SMILES string of the molecule is CC.Cc1nc2cc(CNCC3(O)CC3)cc(C(F)(F)F)c2o1. The summed E-state index contributed by atoms with van der Waals surface area (Å²) >= 11 is 0. The second kappa shape index (κ2) is 6.49. The highest BCUT2D eigenvalue weighted by molar-refractivity contribution is 5.78. The molecule has 0 atom stereocenters. The van der Waals surface area contributed by atoms with Crippen LogP contribution in [0.1, 0.15) is 43.7 Å². The van der Waals surface area contributed by atoms with Gasteiger partial charge >= 0.3 is 6.18 Å². The number of halogens is 3. The van der Waals surface area contributed by atoms with Crippen molar-refractivity contribution < 1.29 is 22.7 Å². The van der Waals surface area contributed by atoms with Crippen molar-refractivity contribution in [3.8, 4) is 0 Å². The van der Waals surface area contributed by atoms with Crippen LogP contribution in [0.15, 0.2) is 16.5 Å². The predicted molar refractivity (Wildman–Crippen MR) is 81.0 cm³/mol. The molecule has 0 spiro atoms. The Labute approximate surface area is 132 Å². The van der Waals surface area contributed by atoms with Crippen LogP contribution in [0.3, 0.4) is 0 Å². The predicted octanol–water partition coefficient (Wildman–Crippen LogP) is 3.80. The van der Waals surface area contributed by atoms with Crippen LogP contribution in [-0.4, -0.2) is 22.2 Å². The van der Waals surface area contributed by atoms with Crippen molar-refractivity contribution in [1.82, 2.24) is 10.3 Å². The fourth-order valence-electron chi connectivity index (χ4n) is 2.28. The smallest absolute Gasteiger partial charge is 0.420 e. The molecule has 1 aromatic heterocycles. The van der Waals surface area contributed by atoms with Crippen molar-refractivity contribution in [2.75, 3.05) is 6.54 Å². The largest absolute Gasteiger partial charge is 0.440 e. The van der Waals surface area contributed by atoms with Gasteiger partial charge in [-0.15, -0.1) is 0 Å². The number of oxazole rings is 1.